The predicted molar refractivity (Wildman–Crippen MR) is 97.3 cm³/mol. The lowest BCUT2D eigenvalue weighted by atomic mass is 9.48. The van der Waals surface area contributed by atoms with E-state index in [1.165, 1.54) is 48.4 Å². The molecular formula is C19H30N2O3S. The molecule has 4 saturated carbocycles. The van der Waals surface area contributed by atoms with E-state index >= 15 is 0 Å². The van der Waals surface area contributed by atoms with E-state index in [1.54, 1.807) is 6.08 Å². The first kappa shape index (κ1) is 17.5. The van der Waals surface area contributed by atoms with Gasteiger partial charge in [0.2, 0.25) is 15.9 Å². The number of carbonyl (C=O) groups is 1. The van der Waals surface area contributed by atoms with E-state index < -0.39 is 10.0 Å². The minimum atomic E-state index is -3.07. The van der Waals surface area contributed by atoms with Crippen LogP contribution in [0.4, 0.5) is 0 Å². The van der Waals surface area contributed by atoms with E-state index in [1.807, 2.05) is 0 Å². The number of allylic oxidation sites excluding steroid dienone is 1. The molecule has 1 saturated heterocycles. The molecule has 5 rings (SSSR count). The number of hydrogen-bond donors (Lipinski definition) is 1. The van der Waals surface area contributed by atoms with Gasteiger partial charge in [-0.1, -0.05) is 5.57 Å². The number of rotatable bonds is 5. The lowest BCUT2D eigenvalue weighted by Gasteiger charge is -2.57. The molecule has 4 bridgehead atoms. The van der Waals surface area contributed by atoms with Gasteiger partial charge in [-0.25, -0.2) is 12.7 Å². The Morgan fingerprint density at radius 3 is 2.28 bits per heavy atom. The highest BCUT2D eigenvalue weighted by Crippen LogP contribution is 2.62. The maximum absolute atomic E-state index is 12.3. The Labute approximate surface area is 151 Å². The summed E-state index contributed by atoms with van der Waals surface area (Å²) in [6.07, 6.45) is 10.5. The van der Waals surface area contributed by atoms with Gasteiger partial charge in [0.15, 0.2) is 0 Å². The molecule has 0 atom stereocenters. The highest BCUT2D eigenvalue weighted by Gasteiger charge is 2.51. The van der Waals surface area contributed by atoms with Crippen LogP contribution < -0.4 is 5.32 Å². The normalized spacial score (nSPS) is 39.7. The zero-order chi connectivity index (χ0) is 17.7. The fraction of sp³-hybridized carbons (Fsp3) is 0.842. The van der Waals surface area contributed by atoms with Gasteiger partial charge in [-0.05, 0) is 75.0 Å². The van der Waals surface area contributed by atoms with Gasteiger partial charge in [-0.2, -0.15) is 0 Å². The number of amides is 1. The van der Waals surface area contributed by atoms with Gasteiger partial charge >= 0.3 is 0 Å². The van der Waals surface area contributed by atoms with Crippen molar-refractivity contribution in [1.82, 2.24) is 9.62 Å². The fourth-order valence-corrected chi connectivity index (χ4v) is 7.77. The standard InChI is InChI=1S/C19H30N2O3S/c1-14(19-11-15-8-16(12-19)10-17(9-15)13-19)7-18(22)20-3-5-21-4-2-6-25(21,23)24/h7,15-17H,2-6,8-13H2,1H3,(H,20,22)/b14-7-. The summed E-state index contributed by atoms with van der Waals surface area (Å²) in [5.74, 6) is 2.80. The lowest BCUT2D eigenvalue weighted by molar-refractivity contribution is -0.116. The van der Waals surface area contributed by atoms with E-state index in [4.69, 9.17) is 0 Å². The van der Waals surface area contributed by atoms with Crippen molar-refractivity contribution in [2.75, 3.05) is 25.4 Å². The van der Waals surface area contributed by atoms with Gasteiger partial charge in [-0.15, -0.1) is 0 Å². The van der Waals surface area contributed by atoms with E-state index in [9.17, 15) is 13.2 Å². The van der Waals surface area contributed by atoms with Crippen LogP contribution in [-0.2, 0) is 14.8 Å². The van der Waals surface area contributed by atoms with Crippen molar-refractivity contribution in [3.05, 3.63) is 11.6 Å². The number of nitrogens with one attached hydrogen (secondary N) is 1. The van der Waals surface area contributed by atoms with Crippen LogP contribution in [0.5, 0.6) is 0 Å². The molecule has 1 aliphatic heterocycles. The maximum atomic E-state index is 12.3. The number of carbonyl (C=O) groups excluding carboxylic acids is 1. The molecule has 25 heavy (non-hydrogen) atoms. The predicted octanol–water partition coefficient (Wildman–Crippen LogP) is 2.30. The second-order valence-electron chi connectivity index (χ2n) is 8.88. The van der Waals surface area contributed by atoms with Crippen molar-refractivity contribution in [2.24, 2.45) is 23.2 Å². The van der Waals surface area contributed by atoms with E-state index in [0.717, 1.165) is 17.8 Å². The summed E-state index contributed by atoms with van der Waals surface area (Å²) in [7, 11) is -3.07. The van der Waals surface area contributed by atoms with Crippen molar-refractivity contribution >= 4 is 15.9 Å². The van der Waals surface area contributed by atoms with Crippen molar-refractivity contribution in [3.63, 3.8) is 0 Å². The first-order chi connectivity index (χ1) is 11.9. The Morgan fingerprint density at radius 2 is 1.76 bits per heavy atom. The van der Waals surface area contributed by atoms with Crippen LogP contribution >= 0.6 is 0 Å². The summed E-state index contributed by atoms with van der Waals surface area (Å²) in [5.41, 5.74) is 1.52. The van der Waals surface area contributed by atoms with Crippen LogP contribution in [0, 0.1) is 23.2 Å². The molecule has 5 aliphatic rings. The minimum absolute atomic E-state index is 0.0650. The van der Waals surface area contributed by atoms with Crippen LogP contribution in [0.2, 0.25) is 0 Å². The van der Waals surface area contributed by atoms with Crippen LogP contribution in [0.25, 0.3) is 0 Å². The molecule has 0 unspecified atom stereocenters. The van der Waals surface area contributed by atoms with Crippen molar-refractivity contribution in [1.29, 1.82) is 0 Å². The molecule has 1 N–H and O–H groups in total. The zero-order valence-corrected chi connectivity index (χ0v) is 16.0. The monoisotopic (exact) mass is 366 g/mol. The smallest absolute Gasteiger partial charge is 0.243 e. The molecule has 4 aliphatic carbocycles. The Hall–Kier alpha value is -0.880. The molecule has 0 radical (unpaired) electrons. The Balaban J connectivity index is 1.33. The Bertz CT molecular complexity index is 647. The molecule has 1 amide bonds. The van der Waals surface area contributed by atoms with Gasteiger partial charge in [-0.3, -0.25) is 4.79 Å². The zero-order valence-electron chi connectivity index (χ0n) is 15.2. The fourth-order valence-electron chi connectivity index (χ4n) is 6.24. The summed E-state index contributed by atoms with van der Waals surface area (Å²) in [4.78, 5) is 12.3. The summed E-state index contributed by atoms with van der Waals surface area (Å²) >= 11 is 0. The molecule has 0 aromatic heterocycles. The van der Waals surface area contributed by atoms with Gasteiger partial charge in [0, 0.05) is 25.7 Å². The quantitative estimate of drug-likeness (QED) is 0.759. The second-order valence-corrected chi connectivity index (χ2v) is 11.0. The van der Waals surface area contributed by atoms with Crippen LogP contribution in [0.1, 0.15) is 51.9 Å². The third-order valence-electron chi connectivity index (χ3n) is 7.09. The molecule has 5 fully saturated rings. The lowest BCUT2D eigenvalue weighted by Crippen LogP contribution is -2.46. The first-order valence-corrected chi connectivity index (χ1v) is 11.4. The molecule has 0 aromatic carbocycles. The summed E-state index contributed by atoms with van der Waals surface area (Å²) in [6.45, 7) is 3.50. The third kappa shape index (κ3) is 3.39. The molecule has 140 valence electrons. The third-order valence-corrected chi connectivity index (χ3v) is 9.04. The Kier molecular flexibility index (Phi) is 4.47. The van der Waals surface area contributed by atoms with Gasteiger partial charge in [0.05, 0.1) is 5.75 Å². The number of nitrogens with zero attached hydrogens (tertiary/aromatic N) is 1. The van der Waals surface area contributed by atoms with Crippen LogP contribution in [-0.4, -0.2) is 44.0 Å². The van der Waals surface area contributed by atoms with E-state index in [0.29, 0.717) is 26.1 Å². The average molecular weight is 367 g/mol. The molecule has 5 nitrogen and oxygen atoms in total. The van der Waals surface area contributed by atoms with Gasteiger partial charge < -0.3 is 5.32 Å². The summed E-state index contributed by atoms with van der Waals surface area (Å²) in [5, 5.41) is 2.89. The molecule has 0 aromatic rings. The van der Waals surface area contributed by atoms with Gasteiger partial charge in [0.25, 0.3) is 0 Å². The first-order valence-electron chi connectivity index (χ1n) is 9.81. The largest absolute Gasteiger partial charge is 0.351 e. The highest BCUT2D eigenvalue weighted by atomic mass is 32.2. The Morgan fingerprint density at radius 1 is 1.16 bits per heavy atom. The van der Waals surface area contributed by atoms with Crippen molar-refractivity contribution < 1.29 is 13.2 Å². The van der Waals surface area contributed by atoms with Crippen LogP contribution in [0.3, 0.4) is 0 Å². The second kappa shape index (κ2) is 6.38. The van der Waals surface area contributed by atoms with E-state index in [2.05, 4.69) is 12.2 Å². The minimum Gasteiger partial charge on any atom is -0.351 e. The average Bonchev–Trinajstić information content (AvgIpc) is 2.84. The van der Waals surface area contributed by atoms with Crippen LogP contribution in [0.15, 0.2) is 11.6 Å². The summed E-state index contributed by atoms with van der Waals surface area (Å²) < 4.78 is 25.0. The molecule has 6 heteroatoms. The molecular weight excluding hydrogens is 336 g/mol. The number of sulfonamides is 1. The van der Waals surface area contributed by atoms with E-state index in [-0.39, 0.29) is 17.1 Å². The van der Waals surface area contributed by atoms with Crippen molar-refractivity contribution in [2.45, 2.75) is 51.9 Å². The molecule has 1 heterocycles. The maximum Gasteiger partial charge on any atom is 0.243 e. The number of hydrogen-bond acceptors (Lipinski definition) is 3. The SMILES string of the molecule is C/C(=C/C(=O)NCCN1CCCS1(=O)=O)C12CC3CC(CC(C3)C1)C2. The molecule has 0 spiro atoms. The highest BCUT2D eigenvalue weighted by molar-refractivity contribution is 7.89. The summed E-state index contributed by atoms with van der Waals surface area (Å²) in [6, 6.07) is 0. The van der Waals surface area contributed by atoms with Gasteiger partial charge in [0.1, 0.15) is 0 Å². The van der Waals surface area contributed by atoms with Crippen molar-refractivity contribution in [3.8, 4) is 0 Å². The topological polar surface area (TPSA) is 66.5 Å².